The van der Waals surface area contributed by atoms with E-state index in [2.05, 4.69) is 0 Å². The second-order valence-electron chi connectivity index (χ2n) is 17.1. The third-order valence-corrected chi connectivity index (χ3v) is 13.3. The first-order valence-corrected chi connectivity index (χ1v) is 20.3. The number of fused-ring (bicyclic) bond motifs is 5. The molecule has 6 rings (SSSR count). The van der Waals surface area contributed by atoms with Crippen LogP contribution in [0.3, 0.4) is 0 Å². The van der Waals surface area contributed by atoms with E-state index in [-0.39, 0.29) is 36.2 Å². The van der Waals surface area contributed by atoms with E-state index in [4.69, 9.17) is 28.4 Å². The summed E-state index contributed by atoms with van der Waals surface area (Å²) < 4.78 is 35.0. The van der Waals surface area contributed by atoms with Gasteiger partial charge >= 0.3 is 29.8 Å². The summed E-state index contributed by atoms with van der Waals surface area (Å²) in [7, 11) is 0. The van der Waals surface area contributed by atoms with Gasteiger partial charge in [0.05, 0.1) is 29.6 Å². The quantitative estimate of drug-likeness (QED) is 0.158. The van der Waals surface area contributed by atoms with Gasteiger partial charge in [-0.05, 0) is 49.1 Å². The molecule has 0 amide bonds. The van der Waals surface area contributed by atoms with Crippen LogP contribution in [0.15, 0.2) is 71.8 Å². The van der Waals surface area contributed by atoms with E-state index in [0.717, 1.165) is 6.92 Å². The first kappa shape index (κ1) is 44.6. The summed E-state index contributed by atoms with van der Waals surface area (Å²) in [6.07, 6.45) is -9.52. The number of carbonyl (C=O) groups excluding carboxylic acids is 6. The summed E-state index contributed by atoms with van der Waals surface area (Å²) in [5.41, 5.74) is -6.91. The normalized spacial score (nSPS) is 32.6. The molecule has 324 valence electrons. The van der Waals surface area contributed by atoms with Crippen LogP contribution in [0.2, 0.25) is 0 Å². The second-order valence-corrected chi connectivity index (χ2v) is 17.1. The third kappa shape index (κ3) is 7.54. The maximum atomic E-state index is 15.0. The van der Waals surface area contributed by atoms with Crippen LogP contribution in [0.1, 0.15) is 96.0 Å². The van der Waals surface area contributed by atoms with Crippen molar-refractivity contribution >= 4 is 35.6 Å². The highest BCUT2D eigenvalue weighted by Crippen LogP contribution is 2.64. The molecule has 60 heavy (non-hydrogen) atoms. The molecule has 2 bridgehead atoms. The number of rotatable bonds is 12. The average Bonchev–Trinajstić information content (AvgIpc) is 3.20. The van der Waals surface area contributed by atoms with Gasteiger partial charge in [0.2, 0.25) is 6.10 Å². The van der Waals surface area contributed by atoms with Crippen LogP contribution >= 0.6 is 0 Å². The lowest BCUT2D eigenvalue weighted by atomic mass is 9.44. The summed E-state index contributed by atoms with van der Waals surface area (Å²) >= 11 is 0. The summed E-state index contributed by atoms with van der Waals surface area (Å²) in [5, 5.41) is 37.6. The van der Waals surface area contributed by atoms with Gasteiger partial charge in [-0.1, -0.05) is 76.2 Å². The fourth-order valence-electron chi connectivity index (χ4n) is 9.86. The summed E-state index contributed by atoms with van der Waals surface area (Å²) in [4.78, 5) is 81.7. The molecule has 0 spiro atoms. The maximum absolute atomic E-state index is 15.0. The van der Waals surface area contributed by atoms with E-state index in [1.54, 1.807) is 76.2 Å². The lowest BCUT2D eigenvalue weighted by Gasteiger charge is -2.67. The Kier molecular flexibility index (Phi) is 12.5. The number of aliphatic hydroxyl groups excluding tert-OH is 2. The van der Waals surface area contributed by atoms with Crippen LogP contribution in [0.4, 0.5) is 0 Å². The van der Waals surface area contributed by atoms with Crippen molar-refractivity contribution in [2.75, 3.05) is 13.2 Å². The fourth-order valence-corrected chi connectivity index (χ4v) is 9.86. The summed E-state index contributed by atoms with van der Waals surface area (Å²) in [6.45, 7) is 9.53. The van der Waals surface area contributed by atoms with E-state index in [0.29, 0.717) is 12.0 Å². The Morgan fingerprint density at radius 1 is 0.933 bits per heavy atom. The van der Waals surface area contributed by atoms with Gasteiger partial charge in [-0.3, -0.25) is 14.4 Å². The largest absolute Gasteiger partial charge is 0.455 e. The number of hydrogen-bond acceptors (Lipinski definition) is 15. The van der Waals surface area contributed by atoms with Crippen molar-refractivity contribution in [3.63, 3.8) is 0 Å². The monoisotopic (exact) mass is 834 g/mol. The molecule has 4 aliphatic rings. The summed E-state index contributed by atoms with van der Waals surface area (Å²) in [5.74, 6) is -7.64. The van der Waals surface area contributed by atoms with Gasteiger partial charge in [0.25, 0.3) is 0 Å². The zero-order chi connectivity index (χ0) is 43.9. The Hall–Kier alpha value is -4.96. The van der Waals surface area contributed by atoms with Crippen LogP contribution in [-0.2, 0) is 52.4 Å². The number of hydrogen-bond donors (Lipinski definition) is 3. The van der Waals surface area contributed by atoms with Gasteiger partial charge in [-0.25, -0.2) is 14.4 Å². The molecule has 1 aliphatic heterocycles. The number of aliphatic hydroxyl groups is 3. The van der Waals surface area contributed by atoms with E-state index in [1.807, 2.05) is 0 Å². The minimum Gasteiger partial charge on any atom is -0.455 e. The number of ether oxygens (including phenoxy) is 6. The van der Waals surface area contributed by atoms with Crippen molar-refractivity contribution in [2.24, 2.45) is 16.7 Å². The smallest absolute Gasteiger partial charge is 0.348 e. The molecule has 2 saturated carbocycles. The highest BCUT2D eigenvalue weighted by atomic mass is 16.6. The first-order valence-electron chi connectivity index (χ1n) is 20.3. The standard InChI is InChI=1S/C45H54O15/c1-8-15-32(48)55-22-33(49)58-36(24(2)27-16-11-9-12-17-27)41(53)57-29-21-45(54)39(59-40(52)28-18-13-10-14-19-28)37-43(7,38(51)35(50)34(25(29)3)42(45,5)6)30(47)20-31-44(37,23-56-31)60-26(4)46/h9-14,16-19,24,29-31,35-37,39,47,50,54H,8,15,20-23H2,1-7H3/t24-,29-,30-,31?,35+,36+,37-,39?,43+,44-,45+/m0/s1. The molecule has 3 aliphatic carbocycles. The van der Waals surface area contributed by atoms with Gasteiger partial charge in [0.15, 0.2) is 18.0 Å². The second kappa shape index (κ2) is 16.8. The molecule has 1 heterocycles. The van der Waals surface area contributed by atoms with Gasteiger partial charge in [-0.2, -0.15) is 0 Å². The lowest BCUT2D eigenvalue weighted by molar-refractivity contribution is -0.346. The zero-order valence-corrected chi connectivity index (χ0v) is 34.9. The van der Waals surface area contributed by atoms with E-state index in [9.17, 15) is 39.3 Å². The van der Waals surface area contributed by atoms with Crippen molar-refractivity contribution in [2.45, 2.75) is 128 Å². The van der Waals surface area contributed by atoms with Crippen molar-refractivity contribution in [1.82, 2.24) is 0 Å². The molecule has 11 atom stereocenters. The number of esters is 5. The van der Waals surface area contributed by atoms with E-state index < -0.39 is 119 Å². The third-order valence-electron chi connectivity index (χ3n) is 13.3. The van der Waals surface area contributed by atoms with Gasteiger partial charge < -0.3 is 43.7 Å². The predicted octanol–water partition coefficient (Wildman–Crippen LogP) is 3.69. The Bertz CT molecular complexity index is 2030. The number of ketones is 1. The van der Waals surface area contributed by atoms with E-state index in [1.165, 1.54) is 26.0 Å². The average molecular weight is 835 g/mol. The zero-order valence-electron chi connectivity index (χ0n) is 34.9. The molecule has 2 unspecified atom stereocenters. The van der Waals surface area contributed by atoms with Crippen LogP contribution in [-0.4, -0.2) is 112 Å². The molecule has 0 aromatic heterocycles. The van der Waals surface area contributed by atoms with Crippen LogP contribution < -0.4 is 0 Å². The van der Waals surface area contributed by atoms with Crippen molar-refractivity contribution in [3.05, 3.63) is 82.9 Å². The Balaban J connectivity index is 1.48. The topological polar surface area (TPSA) is 218 Å². The van der Waals surface area contributed by atoms with Gasteiger partial charge in [0, 0.05) is 37.5 Å². The Morgan fingerprint density at radius 2 is 1.57 bits per heavy atom. The molecule has 15 heteroatoms. The minimum atomic E-state index is -2.35. The molecule has 2 aromatic carbocycles. The predicted molar refractivity (Wildman–Crippen MR) is 210 cm³/mol. The summed E-state index contributed by atoms with van der Waals surface area (Å²) in [6, 6.07) is 16.5. The number of carbonyl (C=O) groups is 6. The Morgan fingerprint density at radius 3 is 2.15 bits per heavy atom. The number of benzene rings is 2. The lowest BCUT2D eigenvalue weighted by Crippen LogP contribution is -2.81. The van der Waals surface area contributed by atoms with E-state index >= 15 is 4.79 Å². The van der Waals surface area contributed by atoms with Crippen LogP contribution in [0.25, 0.3) is 0 Å². The van der Waals surface area contributed by atoms with Gasteiger partial charge in [0.1, 0.15) is 30.0 Å². The Labute approximate surface area is 348 Å². The molecule has 3 N–H and O–H groups in total. The minimum absolute atomic E-state index is 0.0484. The molecule has 2 aromatic rings. The highest BCUT2D eigenvalue weighted by Gasteiger charge is 2.78. The fraction of sp³-hybridized carbons (Fsp3) is 0.556. The first-order chi connectivity index (χ1) is 28.2. The maximum Gasteiger partial charge on any atom is 0.348 e. The van der Waals surface area contributed by atoms with Crippen molar-refractivity contribution < 1.29 is 72.5 Å². The van der Waals surface area contributed by atoms with Crippen LogP contribution in [0, 0.1) is 16.7 Å². The highest BCUT2D eigenvalue weighted by molar-refractivity contribution is 5.94. The molecular weight excluding hydrogens is 780 g/mol. The van der Waals surface area contributed by atoms with Crippen LogP contribution in [0.5, 0.6) is 0 Å². The molecule has 15 nitrogen and oxygen atoms in total. The molecule has 0 radical (unpaired) electrons. The van der Waals surface area contributed by atoms with Crippen molar-refractivity contribution in [1.29, 1.82) is 0 Å². The molecular formula is C45H54O15. The van der Waals surface area contributed by atoms with Crippen molar-refractivity contribution in [3.8, 4) is 0 Å². The van der Waals surface area contributed by atoms with Gasteiger partial charge in [-0.15, -0.1) is 0 Å². The molecule has 1 saturated heterocycles. The number of Topliss-reactive ketones (excluding diaryl/α,β-unsaturated/α-hetero) is 1. The SMILES string of the molecule is CCCC(=O)OCC(=O)O[C@@H](C(=O)O[C@H]1C[C@@]2(O)C(OC(=O)c3ccccc3)[C@H]3[C@](C)(C(=O)[C@H](O)C(=C1C)C2(C)C)[C@@H](O)CC1OC[C@]13OC(C)=O)[C@@H](C)c1ccccc1. The molecule has 3 fully saturated rings.